The van der Waals surface area contributed by atoms with Crippen molar-refractivity contribution < 1.29 is 8.78 Å². The second-order valence-corrected chi connectivity index (χ2v) is 4.76. The quantitative estimate of drug-likeness (QED) is 0.657. The molecule has 0 aliphatic heterocycles. The molecule has 0 aromatic heterocycles. The Bertz CT molecular complexity index is 363. The van der Waals surface area contributed by atoms with Crippen LogP contribution in [0.4, 0.5) is 8.78 Å². The maximum atomic E-state index is 13.6. The van der Waals surface area contributed by atoms with E-state index in [1.54, 1.807) is 6.92 Å². The van der Waals surface area contributed by atoms with Crippen LogP contribution in [0.1, 0.15) is 43.2 Å². The summed E-state index contributed by atoms with van der Waals surface area (Å²) >= 11 is 6.16. The van der Waals surface area contributed by atoms with Crippen molar-refractivity contribution in [3.8, 4) is 0 Å². The highest BCUT2D eigenvalue weighted by Gasteiger charge is 2.20. The molecule has 3 heteroatoms. The number of aryl methyl sites for hydroxylation is 1. The van der Waals surface area contributed by atoms with E-state index in [-0.39, 0.29) is 11.5 Å². The second-order valence-electron chi connectivity index (χ2n) is 4.29. The van der Waals surface area contributed by atoms with Gasteiger partial charge in [0.1, 0.15) is 11.6 Å². The third kappa shape index (κ3) is 2.94. The first-order valence-electron chi connectivity index (χ1n) is 5.57. The summed E-state index contributed by atoms with van der Waals surface area (Å²) in [6.07, 6.45) is 1.89. The van der Waals surface area contributed by atoms with Crippen molar-refractivity contribution in [1.29, 1.82) is 0 Å². The van der Waals surface area contributed by atoms with E-state index in [1.807, 2.05) is 13.8 Å². The number of alkyl halides is 1. The van der Waals surface area contributed by atoms with E-state index in [1.165, 1.54) is 12.1 Å². The van der Waals surface area contributed by atoms with Crippen LogP contribution in [0.3, 0.4) is 0 Å². The Morgan fingerprint density at radius 3 is 2.44 bits per heavy atom. The lowest BCUT2D eigenvalue weighted by atomic mass is 9.95. The number of hydrogen-bond acceptors (Lipinski definition) is 0. The lowest BCUT2D eigenvalue weighted by molar-refractivity contribution is 0.485. The summed E-state index contributed by atoms with van der Waals surface area (Å²) in [7, 11) is 0. The van der Waals surface area contributed by atoms with Crippen molar-refractivity contribution in [3.63, 3.8) is 0 Å². The van der Waals surface area contributed by atoms with E-state index >= 15 is 0 Å². The Morgan fingerprint density at radius 1 is 1.25 bits per heavy atom. The summed E-state index contributed by atoms with van der Waals surface area (Å²) in [5.41, 5.74) is 0.582. The van der Waals surface area contributed by atoms with Gasteiger partial charge in [-0.25, -0.2) is 8.78 Å². The van der Waals surface area contributed by atoms with Crippen LogP contribution in [0.2, 0.25) is 0 Å². The normalized spacial score (nSPS) is 14.9. The summed E-state index contributed by atoms with van der Waals surface area (Å²) in [5, 5.41) is -0.463. The number of benzene rings is 1. The molecule has 2 atom stereocenters. The highest BCUT2D eigenvalue weighted by molar-refractivity contribution is 6.21. The SMILES string of the molecule is CCCC(C)C(Cl)c1cc(F)c(C)cc1F. The molecule has 0 amide bonds. The average Bonchev–Trinajstić information content (AvgIpc) is 2.23. The van der Waals surface area contributed by atoms with E-state index < -0.39 is 17.0 Å². The zero-order chi connectivity index (χ0) is 12.3. The van der Waals surface area contributed by atoms with Crippen LogP contribution in [-0.2, 0) is 0 Å². The molecule has 90 valence electrons. The van der Waals surface area contributed by atoms with Gasteiger partial charge in [-0.2, -0.15) is 0 Å². The molecule has 2 unspecified atom stereocenters. The fourth-order valence-corrected chi connectivity index (χ4v) is 2.07. The lowest BCUT2D eigenvalue weighted by Gasteiger charge is -2.18. The Morgan fingerprint density at radius 2 is 1.88 bits per heavy atom. The van der Waals surface area contributed by atoms with E-state index in [9.17, 15) is 8.78 Å². The zero-order valence-electron chi connectivity index (χ0n) is 9.86. The maximum Gasteiger partial charge on any atom is 0.128 e. The van der Waals surface area contributed by atoms with Gasteiger partial charge < -0.3 is 0 Å². The molecular formula is C13H17ClF2. The van der Waals surface area contributed by atoms with Gasteiger partial charge in [0.2, 0.25) is 0 Å². The van der Waals surface area contributed by atoms with Crippen molar-refractivity contribution in [2.45, 2.75) is 39.0 Å². The predicted molar refractivity (Wildman–Crippen MR) is 63.8 cm³/mol. The topological polar surface area (TPSA) is 0 Å². The molecule has 0 heterocycles. The van der Waals surface area contributed by atoms with Gasteiger partial charge >= 0.3 is 0 Å². The van der Waals surface area contributed by atoms with E-state index in [2.05, 4.69) is 0 Å². The van der Waals surface area contributed by atoms with E-state index in [4.69, 9.17) is 11.6 Å². The highest BCUT2D eigenvalue weighted by atomic mass is 35.5. The second kappa shape index (κ2) is 5.62. The average molecular weight is 247 g/mol. The molecule has 1 aromatic rings. The van der Waals surface area contributed by atoms with Gasteiger partial charge in [0, 0.05) is 5.56 Å². The number of hydrogen-bond donors (Lipinski definition) is 0. The van der Waals surface area contributed by atoms with Gasteiger partial charge in [0.05, 0.1) is 5.38 Å². The molecule has 0 fully saturated rings. The van der Waals surface area contributed by atoms with Crippen LogP contribution in [0, 0.1) is 24.5 Å². The molecule has 1 aromatic carbocycles. The first kappa shape index (κ1) is 13.4. The van der Waals surface area contributed by atoms with Crippen molar-refractivity contribution >= 4 is 11.6 Å². The maximum absolute atomic E-state index is 13.6. The van der Waals surface area contributed by atoms with Crippen LogP contribution in [0.15, 0.2) is 12.1 Å². The van der Waals surface area contributed by atoms with Gasteiger partial charge in [-0.05, 0) is 37.0 Å². The molecule has 0 N–H and O–H groups in total. The number of halogens is 3. The van der Waals surface area contributed by atoms with E-state index in [0.29, 0.717) is 5.56 Å². The molecular weight excluding hydrogens is 230 g/mol. The Balaban J connectivity index is 2.99. The highest BCUT2D eigenvalue weighted by Crippen LogP contribution is 2.34. The Hall–Kier alpha value is -0.630. The van der Waals surface area contributed by atoms with Gasteiger partial charge in [-0.15, -0.1) is 11.6 Å². The molecule has 1 rings (SSSR count). The van der Waals surface area contributed by atoms with E-state index in [0.717, 1.165) is 12.8 Å². The molecule has 0 aliphatic carbocycles. The molecule has 0 saturated heterocycles. The monoisotopic (exact) mass is 246 g/mol. The zero-order valence-corrected chi connectivity index (χ0v) is 10.6. The molecule has 0 nitrogen and oxygen atoms in total. The number of rotatable bonds is 4. The Labute approximate surface area is 101 Å². The van der Waals surface area contributed by atoms with Gasteiger partial charge in [0.15, 0.2) is 0 Å². The molecule has 0 aliphatic rings. The minimum absolute atomic E-state index is 0.142. The van der Waals surface area contributed by atoms with Crippen LogP contribution in [0.5, 0.6) is 0 Å². The predicted octanol–water partition coefficient (Wildman–Crippen LogP) is 4.99. The third-order valence-electron chi connectivity index (χ3n) is 2.82. The molecule has 0 spiro atoms. The summed E-state index contributed by atoms with van der Waals surface area (Å²) < 4.78 is 27.0. The lowest BCUT2D eigenvalue weighted by Crippen LogP contribution is -2.07. The Kier molecular flexibility index (Phi) is 4.72. The van der Waals surface area contributed by atoms with Gasteiger partial charge in [-0.1, -0.05) is 20.3 Å². The van der Waals surface area contributed by atoms with Gasteiger partial charge in [0.25, 0.3) is 0 Å². The smallest absolute Gasteiger partial charge is 0.128 e. The van der Waals surface area contributed by atoms with Crippen molar-refractivity contribution in [3.05, 3.63) is 34.9 Å². The van der Waals surface area contributed by atoms with Crippen molar-refractivity contribution in [1.82, 2.24) is 0 Å². The molecule has 0 radical (unpaired) electrons. The third-order valence-corrected chi connectivity index (χ3v) is 3.48. The molecule has 0 saturated carbocycles. The van der Waals surface area contributed by atoms with Crippen molar-refractivity contribution in [2.24, 2.45) is 5.92 Å². The molecule has 0 bridgehead atoms. The standard InChI is InChI=1S/C13H17ClF2/c1-4-5-8(2)13(14)10-7-11(15)9(3)6-12(10)16/h6-8,13H,4-5H2,1-3H3. The van der Waals surface area contributed by atoms with Gasteiger partial charge in [-0.3, -0.25) is 0 Å². The van der Waals surface area contributed by atoms with Crippen LogP contribution >= 0.6 is 11.6 Å². The first-order valence-corrected chi connectivity index (χ1v) is 6.00. The molecule has 16 heavy (non-hydrogen) atoms. The van der Waals surface area contributed by atoms with Crippen LogP contribution in [0.25, 0.3) is 0 Å². The van der Waals surface area contributed by atoms with Crippen LogP contribution < -0.4 is 0 Å². The van der Waals surface area contributed by atoms with Crippen molar-refractivity contribution in [2.75, 3.05) is 0 Å². The van der Waals surface area contributed by atoms with Crippen LogP contribution in [-0.4, -0.2) is 0 Å². The summed E-state index contributed by atoms with van der Waals surface area (Å²) in [5.74, 6) is -0.670. The largest absolute Gasteiger partial charge is 0.207 e. The first-order chi connectivity index (χ1) is 7.47. The summed E-state index contributed by atoms with van der Waals surface area (Å²) in [6.45, 7) is 5.55. The summed E-state index contributed by atoms with van der Waals surface area (Å²) in [6, 6.07) is 2.42. The summed E-state index contributed by atoms with van der Waals surface area (Å²) in [4.78, 5) is 0. The minimum Gasteiger partial charge on any atom is -0.207 e. The minimum atomic E-state index is -0.463. The fourth-order valence-electron chi connectivity index (χ4n) is 1.78. The fraction of sp³-hybridized carbons (Fsp3) is 0.538.